The van der Waals surface area contributed by atoms with Crippen LogP contribution in [0.15, 0.2) is 0 Å². The minimum atomic E-state index is -0.195. The Morgan fingerprint density at radius 1 is 1.67 bits per heavy atom. The minimum absolute atomic E-state index is 0.195. The van der Waals surface area contributed by atoms with Crippen LogP contribution in [0.3, 0.4) is 0 Å². The van der Waals surface area contributed by atoms with Crippen LogP contribution in [0, 0.1) is 0 Å². The predicted molar refractivity (Wildman–Crippen MR) is 34.9 cm³/mol. The van der Waals surface area contributed by atoms with Crippen molar-refractivity contribution in [1.82, 2.24) is 0 Å². The molecule has 0 saturated heterocycles. The van der Waals surface area contributed by atoms with Crippen LogP contribution in [0.5, 0.6) is 0 Å². The highest BCUT2D eigenvalue weighted by molar-refractivity contribution is 5.69. The van der Waals surface area contributed by atoms with Crippen molar-refractivity contribution in [2.45, 2.75) is 19.8 Å². The molecule has 0 radical (unpaired) electrons. The maximum absolute atomic E-state index is 10.5. The summed E-state index contributed by atoms with van der Waals surface area (Å²) in [5.41, 5.74) is 5.10. The van der Waals surface area contributed by atoms with E-state index in [-0.39, 0.29) is 5.97 Å². The van der Waals surface area contributed by atoms with Gasteiger partial charge in [0.1, 0.15) is 0 Å². The van der Waals surface area contributed by atoms with Crippen molar-refractivity contribution in [3.63, 3.8) is 0 Å². The van der Waals surface area contributed by atoms with Gasteiger partial charge in [-0.2, -0.15) is 0 Å². The highest BCUT2D eigenvalue weighted by atomic mass is 16.5. The summed E-state index contributed by atoms with van der Waals surface area (Å²) in [5.74, 6) is -0.195. The van der Waals surface area contributed by atoms with E-state index in [0.29, 0.717) is 19.6 Å². The molecule has 0 bridgehead atoms. The molecule has 2 N–H and O–H groups in total. The Morgan fingerprint density at radius 3 is 2.78 bits per heavy atom. The molecule has 0 heterocycles. The third-order valence-electron chi connectivity index (χ3n) is 0.816. The fourth-order valence-electron chi connectivity index (χ4n) is 0.406. The van der Waals surface area contributed by atoms with E-state index in [1.165, 1.54) is 0 Å². The zero-order valence-corrected chi connectivity index (χ0v) is 5.72. The van der Waals surface area contributed by atoms with Gasteiger partial charge in [-0.3, -0.25) is 4.79 Å². The van der Waals surface area contributed by atoms with Crippen LogP contribution in [0.2, 0.25) is 0 Å². The van der Waals surface area contributed by atoms with Crippen molar-refractivity contribution in [2.24, 2.45) is 5.73 Å². The zero-order valence-electron chi connectivity index (χ0n) is 5.72. The van der Waals surface area contributed by atoms with Crippen molar-refractivity contribution in [3.8, 4) is 0 Å². The average Bonchev–Trinajstić information content (AvgIpc) is 1.85. The summed E-state index contributed by atoms with van der Waals surface area (Å²) in [4.78, 5) is 10.5. The first-order chi connectivity index (χ1) is 4.31. The highest BCUT2D eigenvalue weighted by Gasteiger charge is 1.97. The summed E-state index contributed by atoms with van der Waals surface area (Å²) in [6, 6.07) is 0. The first kappa shape index (κ1) is 8.43. The number of rotatable bonds is 4. The number of hydrogen-bond acceptors (Lipinski definition) is 3. The molecule has 54 valence electrons. The van der Waals surface area contributed by atoms with Crippen molar-refractivity contribution in [2.75, 3.05) is 13.2 Å². The lowest BCUT2D eigenvalue weighted by atomic mass is 10.4. The summed E-state index contributed by atoms with van der Waals surface area (Å²) in [7, 11) is 0. The Bertz CT molecular complexity index is 83.1. The van der Waals surface area contributed by atoms with E-state index < -0.39 is 0 Å². The number of ether oxygens (including phenoxy) is 1. The van der Waals surface area contributed by atoms with Gasteiger partial charge in [-0.1, -0.05) is 6.92 Å². The summed E-state index contributed by atoms with van der Waals surface area (Å²) in [6.45, 7) is 2.84. The highest BCUT2D eigenvalue weighted by Crippen LogP contribution is 1.85. The minimum Gasteiger partial charge on any atom is -0.466 e. The van der Waals surface area contributed by atoms with E-state index in [9.17, 15) is 4.79 Å². The summed E-state index contributed by atoms with van der Waals surface area (Å²) < 4.78 is 4.71. The number of hydrogen-bond donors (Lipinski definition) is 1. The molecule has 0 aliphatic rings. The van der Waals surface area contributed by atoms with Crippen LogP contribution >= 0.6 is 0 Å². The number of nitrogens with two attached hydrogens (primary N) is 1. The Kier molecular flexibility index (Phi) is 5.21. The first-order valence-electron chi connectivity index (χ1n) is 3.17. The van der Waals surface area contributed by atoms with Gasteiger partial charge in [-0.25, -0.2) is 0 Å². The quantitative estimate of drug-likeness (QED) is 0.558. The third-order valence-corrected chi connectivity index (χ3v) is 0.816. The Labute approximate surface area is 55.2 Å². The topological polar surface area (TPSA) is 52.3 Å². The van der Waals surface area contributed by atoms with Crippen molar-refractivity contribution in [1.29, 1.82) is 0 Å². The SMILES string of the molecule is CCCOC(=O)CCN. The molecule has 0 aliphatic carbocycles. The molecule has 0 rings (SSSR count). The second-order valence-corrected chi connectivity index (χ2v) is 1.76. The van der Waals surface area contributed by atoms with E-state index in [4.69, 9.17) is 10.5 Å². The van der Waals surface area contributed by atoms with Gasteiger partial charge in [0.2, 0.25) is 0 Å². The Morgan fingerprint density at radius 2 is 2.33 bits per heavy atom. The lowest BCUT2D eigenvalue weighted by Gasteiger charge is -1.99. The fraction of sp³-hybridized carbons (Fsp3) is 0.833. The van der Waals surface area contributed by atoms with Crippen LogP contribution in [0.1, 0.15) is 19.8 Å². The van der Waals surface area contributed by atoms with Gasteiger partial charge >= 0.3 is 5.97 Å². The van der Waals surface area contributed by atoms with Gasteiger partial charge < -0.3 is 10.5 Å². The van der Waals surface area contributed by atoms with E-state index in [2.05, 4.69) is 0 Å². The summed E-state index contributed by atoms with van der Waals surface area (Å²) in [5, 5.41) is 0. The smallest absolute Gasteiger partial charge is 0.307 e. The zero-order chi connectivity index (χ0) is 7.11. The van der Waals surface area contributed by atoms with Crippen LogP contribution < -0.4 is 5.73 Å². The van der Waals surface area contributed by atoms with E-state index in [1.807, 2.05) is 6.92 Å². The standard InChI is InChI=1S/C6H13NO2/c1-2-5-9-6(8)3-4-7/h2-5,7H2,1H3. The van der Waals surface area contributed by atoms with Gasteiger partial charge in [0.05, 0.1) is 13.0 Å². The second kappa shape index (κ2) is 5.56. The van der Waals surface area contributed by atoms with Gasteiger partial charge in [-0.15, -0.1) is 0 Å². The first-order valence-corrected chi connectivity index (χ1v) is 3.17. The lowest BCUT2D eigenvalue weighted by molar-refractivity contribution is -0.143. The molecular formula is C6H13NO2. The molecule has 0 aromatic carbocycles. The molecule has 3 nitrogen and oxygen atoms in total. The lowest BCUT2D eigenvalue weighted by Crippen LogP contribution is -2.11. The monoisotopic (exact) mass is 131 g/mol. The van der Waals surface area contributed by atoms with Gasteiger partial charge in [0.15, 0.2) is 0 Å². The number of carbonyl (C=O) groups is 1. The predicted octanol–water partition coefficient (Wildman–Crippen LogP) is 0.288. The molecule has 0 aliphatic heterocycles. The van der Waals surface area contributed by atoms with Crippen molar-refractivity contribution >= 4 is 5.97 Å². The summed E-state index contributed by atoms with van der Waals surface area (Å²) in [6.07, 6.45) is 1.20. The molecule has 0 atom stereocenters. The molecule has 0 spiro atoms. The molecule has 0 fully saturated rings. The van der Waals surface area contributed by atoms with Crippen LogP contribution in [-0.4, -0.2) is 19.1 Å². The Hall–Kier alpha value is -0.570. The average molecular weight is 131 g/mol. The maximum atomic E-state index is 10.5. The number of carbonyl (C=O) groups excluding carboxylic acids is 1. The molecule has 0 saturated carbocycles. The molecule has 0 aromatic rings. The normalized spacial score (nSPS) is 9.11. The molecular weight excluding hydrogens is 118 g/mol. The molecule has 3 heteroatoms. The van der Waals surface area contributed by atoms with Crippen LogP contribution in [0.4, 0.5) is 0 Å². The van der Waals surface area contributed by atoms with E-state index in [1.54, 1.807) is 0 Å². The van der Waals surface area contributed by atoms with Crippen LogP contribution in [0.25, 0.3) is 0 Å². The molecule has 0 amide bonds. The summed E-state index contributed by atoms with van der Waals surface area (Å²) >= 11 is 0. The van der Waals surface area contributed by atoms with E-state index >= 15 is 0 Å². The second-order valence-electron chi connectivity index (χ2n) is 1.76. The van der Waals surface area contributed by atoms with Gasteiger partial charge in [0.25, 0.3) is 0 Å². The maximum Gasteiger partial charge on any atom is 0.307 e. The van der Waals surface area contributed by atoms with E-state index in [0.717, 1.165) is 6.42 Å². The fourth-order valence-corrected chi connectivity index (χ4v) is 0.406. The van der Waals surface area contributed by atoms with Gasteiger partial charge in [-0.05, 0) is 6.42 Å². The van der Waals surface area contributed by atoms with Crippen molar-refractivity contribution in [3.05, 3.63) is 0 Å². The van der Waals surface area contributed by atoms with Crippen LogP contribution in [-0.2, 0) is 9.53 Å². The largest absolute Gasteiger partial charge is 0.466 e. The molecule has 0 aromatic heterocycles. The number of esters is 1. The molecule has 0 unspecified atom stereocenters. The van der Waals surface area contributed by atoms with Crippen molar-refractivity contribution < 1.29 is 9.53 Å². The third kappa shape index (κ3) is 5.30. The molecule has 9 heavy (non-hydrogen) atoms. The Balaban J connectivity index is 3.06. The van der Waals surface area contributed by atoms with Gasteiger partial charge in [0, 0.05) is 6.54 Å².